The van der Waals surface area contributed by atoms with Gasteiger partial charge in [0.2, 0.25) is 0 Å². The second-order valence-corrected chi connectivity index (χ2v) is 4.23. The van der Waals surface area contributed by atoms with Crippen molar-refractivity contribution in [1.29, 1.82) is 0 Å². The van der Waals surface area contributed by atoms with Crippen LogP contribution in [0.2, 0.25) is 0 Å². The molecule has 1 atom stereocenters. The molecule has 1 aromatic heterocycles. The van der Waals surface area contributed by atoms with Crippen LogP contribution in [0.5, 0.6) is 5.75 Å². The molecule has 2 aromatic rings. The van der Waals surface area contributed by atoms with Gasteiger partial charge in [-0.15, -0.1) is 0 Å². The van der Waals surface area contributed by atoms with E-state index in [-0.39, 0.29) is 6.04 Å². The maximum absolute atomic E-state index is 5.23. The van der Waals surface area contributed by atoms with Crippen molar-refractivity contribution < 1.29 is 4.74 Å². The van der Waals surface area contributed by atoms with E-state index in [2.05, 4.69) is 30.3 Å². The van der Waals surface area contributed by atoms with Crippen molar-refractivity contribution in [1.82, 2.24) is 9.78 Å². The lowest BCUT2D eigenvalue weighted by Gasteiger charge is -2.14. The molecule has 0 fully saturated rings. The van der Waals surface area contributed by atoms with Crippen molar-refractivity contribution >= 4 is 5.69 Å². The molecule has 0 saturated carbocycles. The van der Waals surface area contributed by atoms with E-state index in [1.165, 1.54) is 5.56 Å². The van der Waals surface area contributed by atoms with Crippen molar-refractivity contribution in [2.45, 2.75) is 26.4 Å². The quantitative estimate of drug-likeness (QED) is 0.879. The van der Waals surface area contributed by atoms with Crippen molar-refractivity contribution in [2.75, 3.05) is 12.4 Å². The fourth-order valence-electron chi connectivity index (χ4n) is 1.86. The number of rotatable bonds is 5. The topological polar surface area (TPSA) is 39.1 Å². The van der Waals surface area contributed by atoms with Crippen LogP contribution in [0, 0.1) is 0 Å². The average Bonchev–Trinajstić information content (AvgIpc) is 2.86. The summed E-state index contributed by atoms with van der Waals surface area (Å²) < 4.78 is 7.14. The summed E-state index contributed by atoms with van der Waals surface area (Å²) in [5.74, 6) is 0.880. The minimum Gasteiger partial charge on any atom is -0.497 e. The molecule has 0 bridgehead atoms. The zero-order valence-electron chi connectivity index (χ0n) is 11.1. The molecule has 1 unspecified atom stereocenters. The monoisotopic (exact) mass is 245 g/mol. The van der Waals surface area contributed by atoms with Gasteiger partial charge in [-0.25, -0.2) is 0 Å². The van der Waals surface area contributed by atoms with Gasteiger partial charge in [-0.2, -0.15) is 5.10 Å². The molecular formula is C14H19N3O. The highest BCUT2D eigenvalue weighted by Gasteiger charge is 2.07. The van der Waals surface area contributed by atoms with Gasteiger partial charge in [-0.05, 0) is 31.5 Å². The third-order valence-corrected chi connectivity index (χ3v) is 2.93. The molecule has 18 heavy (non-hydrogen) atoms. The van der Waals surface area contributed by atoms with Crippen LogP contribution in [0.3, 0.4) is 0 Å². The van der Waals surface area contributed by atoms with Crippen LogP contribution in [-0.4, -0.2) is 16.9 Å². The van der Waals surface area contributed by atoms with Crippen LogP contribution < -0.4 is 10.1 Å². The summed E-state index contributed by atoms with van der Waals surface area (Å²) in [6.07, 6.45) is 3.86. The van der Waals surface area contributed by atoms with Crippen LogP contribution in [0.4, 0.5) is 5.69 Å². The maximum Gasteiger partial charge on any atom is 0.119 e. The molecule has 0 radical (unpaired) electrons. The number of hydrogen-bond acceptors (Lipinski definition) is 3. The fourth-order valence-corrected chi connectivity index (χ4v) is 1.86. The number of aryl methyl sites for hydroxylation is 1. The average molecular weight is 245 g/mol. The summed E-state index contributed by atoms with van der Waals surface area (Å²) in [5.41, 5.74) is 2.23. The van der Waals surface area contributed by atoms with E-state index in [0.717, 1.165) is 18.0 Å². The Labute approximate surface area is 108 Å². The molecule has 0 spiro atoms. The summed E-state index contributed by atoms with van der Waals surface area (Å²) in [4.78, 5) is 0. The zero-order chi connectivity index (χ0) is 13.0. The van der Waals surface area contributed by atoms with Crippen LogP contribution in [-0.2, 0) is 6.54 Å². The molecule has 96 valence electrons. The Morgan fingerprint density at radius 3 is 2.94 bits per heavy atom. The van der Waals surface area contributed by atoms with E-state index >= 15 is 0 Å². The smallest absolute Gasteiger partial charge is 0.119 e. The number of aromatic nitrogens is 2. The largest absolute Gasteiger partial charge is 0.497 e. The second kappa shape index (κ2) is 5.58. The molecular weight excluding hydrogens is 226 g/mol. The molecule has 1 N–H and O–H groups in total. The molecule has 2 rings (SSSR count). The molecule has 0 saturated heterocycles. The SMILES string of the molecule is CCn1cc(NC(C)c2cccc(OC)c2)cn1. The van der Waals surface area contributed by atoms with Gasteiger partial charge in [0.25, 0.3) is 0 Å². The van der Waals surface area contributed by atoms with E-state index in [1.807, 2.05) is 35.3 Å². The van der Waals surface area contributed by atoms with E-state index in [0.29, 0.717) is 0 Å². The highest BCUT2D eigenvalue weighted by atomic mass is 16.5. The lowest BCUT2D eigenvalue weighted by molar-refractivity contribution is 0.414. The number of ether oxygens (including phenoxy) is 1. The Bertz CT molecular complexity index is 507. The summed E-state index contributed by atoms with van der Waals surface area (Å²) in [7, 11) is 1.68. The standard InChI is InChI=1S/C14H19N3O/c1-4-17-10-13(9-15-17)16-11(2)12-6-5-7-14(8-12)18-3/h5-11,16H,4H2,1-3H3. The number of anilines is 1. The van der Waals surface area contributed by atoms with Gasteiger partial charge in [0.15, 0.2) is 0 Å². The molecule has 0 aliphatic rings. The molecule has 1 aromatic carbocycles. The first-order valence-corrected chi connectivity index (χ1v) is 6.16. The molecule has 0 amide bonds. The number of hydrogen-bond donors (Lipinski definition) is 1. The highest BCUT2D eigenvalue weighted by molar-refractivity contribution is 5.42. The Kier molecular flexibility index (Phi) is 3.87. The second-order valence-electron chi connectivity index (χ2n) is 4.23. The van der Waals surface area contributed by atoms with Gasteiger partial charge < -0.3 is 10.1 Å². The van der Waals surface area contributed by atoms with E-state index in [4.69, 9.17) is 4.74 Å². The lowest BCUT2D eigenvalue weighted by atomic mass is 10.1. The molecule has 0 aliphatic carbocycles. The molecule has 4 heteroatoms. The first-order valence-electron chi connectivity index (χ1n) is 6.16. The van der Waals surface area contributed by atoms with Gasteiger partial charge in [0.1, 0.15) is 5.75 Å². The number of nitrogens with zero attached hydrogens (tertiary/aromatic N) is 2. The Morgan fingerprint density at radius 1 is 1.44 bits per heavy atom. The summed E-state index contributed by atoms with van der Waals surface area (Å²) in [6, 6.07) is 8.30. The van der Waals surface area contributed by atoms with Crippen molar-refractivity contribution in [2.24, 2.45) is 0 Å². The zero-order valence-corrected chi connectivity index (χ0v) is 11.1. The molecule has 1 heterocycles. The van der Waals surface area contributed by atoms with E-state index in [9.17, 15) is 0 Å². The van der Waals surface area contributed by atoms with Crippen molar-refractivity contribution in [3.63, 3.8) is 0 Å². The third-order valence-electron chi connectivity index (χ3n) is 2.93. The predicted molar refractivity (Wildman–Crippen MR) is 72.9 cm³/mol. The number of nitrogens with one attached hydrogen (secondary N) is 1. The van der Waals surface area contributed by atoms with Crippen molar-refractivity contribution in [3.05, 3.63) is 42.2 Å². The minimum atomic E-state index is 0.217. The first-order chi connectivity index (χ1) is 8.72. The number of benzene rings is 1. The summed E-state index contributed by atoms with van der Waals surface area (Å²) in [6.45, 7) is 5.08. The Hall–Kier alpha value is -1.97. The molecule has 4 nitrogen and oxygen atoms in total. The normalized spacial score (nSPS) is 12.2. The third kappa shape index (κ3) is 2.83. The van der Waals surface area contributed by atoms with Gasteiger partial charge in [-0.3, -0.25) is 4.68 Å². The Balaban J connectivity index is 2.08. The summed E-state index contributed by atoms with van der Waals surface area (Å²) in [5, 5.41) is 7.67. The van der Waals surface area contributed by atoms with Gasteiger partial charge in [0.05, 0.1) is 19.0 Å². The highest BCUT2D eigenvalue weighted by Crippen LogP contribution is 2.22. The lowest BCUT2D eigenvalue weighted by Crippen LogP contribution is -2.06. The van der Waals surface area contributed by atoms with Crippen LogP contribution in [0.1, 0.15) is 25.5 Å². The minimum absolute atomic E-state index is 0.217. The Morgan fingerprint density at radius 2 is 2.28 bits per heavy atom. The van der Waals surface area contributed by atoms with E-state index < -0.39 is 0 Å². The predicted octanol–water partition coefficient (Wildman–Crippen LogP) is 3.08. The number of methoxy groups -OCH3 is 1. The van der Waals surface area contributed by atoms with Gasteiger partial charge in [-0.1, -0.05) is 12.1 Å². The van der Waals surface area contributed by atoms with Crippen LogP contribution in [0.25, 0.3) is 0 Å². The van der Waals surface area contributed by atoms with E-state index in [1.54, 1.807) is 7.11 Å². The summed E-state index contributed by atoms with van der Waals surface area (Å²) >= 11 is 0. The first kappa shape index (κ1) is 12.5. The van der Waals surface area contributed by atoms with Gasteiger partial charge in [0, 0.05) is 18.8 Å². The molecule has 0 aliphatic heterocycles. The fraction of sp³-hybridized carbons (Fsp3) is 0.357. The van der Waals surface area contributed by atoms with Crippen LogP contribution >= 0.6 is 0 Å². The van der Waals surface area contributed by atoms with Crippen molar-refractivity contribution in [3.8, 4) is 5.75 Å². The van der Waals surface area contributed by atoms with Crippen LogP contribution in [0.15, 0.2) is 36.7 Å². The maximum atomic E-state index is 5.23. The van der Waals surface area contributed by atoms with Gasteiger partial charge >= 0.3 is 0 Å².